The Hall–Kier alpha value is -2.87. The number of hydrogen-bond acceptors (Lipinski definition) is 11. The van der Waals surface area contributed by atoms with Crippen molar-refractivity contribution in [2.75, 3.05) is 17.8 Å². The molecule has 43 heavy (non-hydrogen) atoms. The summed E-state index contributed by atoms with van der Waals surface area (Å²) in [6.07, 6.45) is -4.30. The number of halogens is 2. The maximum absolute atomic E-state index is 15.8. The first kappa shape index (κ1) is 33.0. The molecule has 236 valence electrons. The highest BCUT2D eigenvalue weighted by atomic mass is 35.5. The fourth-order valence-corrected chi connectivity index (χ4v) is 6.26. The molecule has 0 unspecified atom stereocenters. The number of aliphatic hydroxyl groups is 1. The third-order valence-electron chi connectivity index (χ3n) is 6.43. The van der Waals surface area contributed by atoms with Crippen LogP contribution in [-0.4, -0.2) is 79.1 Å². The van der Waals surface area contributed by atoms with Crippen LogP contribution in [0.1, 0.15) is 46.7 Å². The average Bonchev–Trinajstić information content (AvgIpc) is 3.46. The van der Waals surface area contributed by atoms with Gasteiger partial charge in [-0.1, -0.05) is 18.2 Å². The van der Waals surface area contributed by atoms with Crippen LogP contribution in [0.4, 0.5) is 10.2 Å². The van der Waals surface area contributed by atoms with Crippen molar-refractivity contribution in [2.45, 2.75) is 83.8 Å². The summed E-state index contributed by atoms with van der Waals surface area (Å²) < 4.78 is 53.7. The number of anilines is 1. The third kappa shape index (κ3) is 7.44. The molecule has 0 bridgehead atoms. The zero-order valence-electron chi connectivity index (χ0n) is 24.7. The molecule has 1 saturated heterocycles. The summed E-state index contributed by atoms with van der Waals surface area (Å²) in [5.74, 6) is -0.0927. The van der Waals surface area contributed by atoms with Crippen molar-refractivity contribution >= 4 is 42.3 Å². The second-order valence-corrected chi connectivity index (χ2v) is 12.8. The van der Waals surface area contributed by atoms with Gasteiger partial charge in [-0.15, -0.1) is 11.6 Å². The first-order chi connectivity index (χ1) is 20.3. The molecule has 0 radical (unpaired) electrons. The van der Waals surface area contributed by atoms with Crippen LogP contribution in [0.25, 0.3) is 11.2 Å². The average molecular weight is 643 g/mol. The number of aromatic nitrogens is 4. The Morgan fingerprint density at radius 2 is 1.93 bits per heavy atom. The largest absolute Gasteiger partial charge is 0.462 e. The van der Waals surface area contributed by atoms with E-state index in [0.717, 1.165) is 0 Å². The summed E-state index contributed by atoms with van der Waals surface area (Å²) >= 11 is 6.26. The lowest BCUT2D eigenvalue weighted by atomic mass is 9.99. The van der Waals surface area contributed by atoms with E-state index in [4.69, 9.17) is 30.1 Å². The molecular formula is C27H37ClFN6O7P. The summed E-state index contributed by atoms with van der Waals surface area (Å²) in [6, 6.07) is 7.04. The number of fused-ring (bicyclic) bond motifs is 1. The van der Waals surface area contributed by atoms with Gasteiger partial charge in [0.2, 0.25) is 0 Å². The molecule has 13 nitrogen and oxygen atoms in total. The number of ether oxygens (including phenoxy) is 2. The standard InChI is InChI=1S/C27H37ClFN6O7P/c1-15(2)31-23-21-24(33-18(6)32-23)35(14-30-21)25-20(29)22(36)27(12-28,41-25)13-39-43(38,42-19-10-8-7-9-11-19)34-17(5)26(37)40-16(3)4/h7-11,14-17,20,22,25,36H,12-13H2,1-6H3,(H,34,38)(H,31,32,33)/t17-,20+,22-,25+,27+,43-/m0/s1. The Balaban J connectivity index is 1.61. The van der Waals surface area contributed by atoms with Crippen LogP contribution in [0.5, 0.6) is 5.75 Å². The number of alkyl halides is 2. The van der Waals surface area contributed by atoms with E-state index >= 15 is 4.39 Å². The molecule has 1 aromatic carbocycles. The van der Waals surface area contributed by atoms with Crippen molar-refractivity contribution in [3.8, 4) is 5.75 Å². The van der Waals surface area contributed by atoms with Gasteiger partial charge in [0.1, 0.15) is 29.3 Å². The second kappa shape index (κ2) is 13.4. The van der Waals surface area contributed by atoms with Crippen molar-refractivity contribution < 1.29 is 37.4 Å². The van der Waals surface area contributed by atoms with Crippen LogP contribution in [0.15, 0.2) is 36.7 Å². The number of benzene rings is 1. The Morgan fingerprint density at radius 3 is 2.56 bits per heavy atom. The number of imidazole rings is 1. The smallest absolute Gasteiger partial charge is 0.459 e. The molecule has 0 aliphatic carbocycles. The lowest BCUT2D eigenvalue weighted by Crippen LogP contribution is -2.48. The first-order valence-corrected chi connectivity index (χ1v) is 15.9. The normalized spacial score (nSPS) is 24.3. The fourth-order valence-electron chi connectivity index (χ4n) is 4.41. The van der Waals surface area contributed by atoms with E-state index in [-0.39, 0.29) is 17.4 Å². The number of nitrogens with one attached hydrogen (secondary N) is 2. The number of rotatable bonds is 13. The number of para-hydroxylation sites is 1. The summed E-state index contributed by atoms with van der Waals surface area (Å²) in [4.78, 5) is 25.6. The molecule has 3 aromatic rings. The lowest BCUT2D eigenvalue weighted by molar-refractivity contribution is -0.149. The topological polar surface area (TPSA) is 159 Å². The highest BCUT2D eigenvalue weighted by Gasteiger charge is 2.57. The van der Waals surface area contributed by atoms with Gasteiger partial charge >= 0.3 is 13.7 Å². The van der Waals surface area contributed by atoms with Crippen LogP contribution >= 0.6 is 19.3 Å². The Kier molecular flexibility index (Phi) is 10.3. The molecule has 6 atom stereocenters. The zero-order chi connectivity index (χ0) is 31.5. The van der Waals surface area contributed by atoms with Crippen LogP contribution in [0.2, 0.25) is 0 Å². The van der Waals surface area contributed by atoms with Gasteiger partial charge in [-0.25, -0.2) is 23.9 Å². The lowest BCUT2D eigenvalue weighted by Gasteiger charge is -2.31. The van der Waals surface area contributed by atoms with Crippen LogP contribution in [0, 0.1) is 6.92 Å². The molecule has 0 amide bonds. The first-order valence-electron chi connectivity index (χ1n) is 13.8. The van der Waals surface area contributed by atoms with E-state index in [1.807, 2.05) is 13.8 Å². The van der Waals surface area contributed by atoms with Gasteiger partial charge in [0.25, 0.3) is 0 Å². The molecule has 1 aliphatic heterocycles. The highest BCUT2D eigenvalue weighted by molar-refractivity contribution is 7.52. The Bertz CT molecular complexity index is 1460. The van der Waals surface area contributed by atoms with Crippen molar-refractivity contribution in [1.82, 2.24) is 24.6 Å². The van der Waals surface area contributed by atoms with Gasteiger partial charge in [0.15, 0.2) is 29.4 Å². The van der Waals surface area contributed by atoms with E-state index in [1.54, 1.807) is 39.0 Å². The number of esters is 1. The Morgan fingerprint density at radius 1 is 1.23 bits per heavy atom. The van der Waals surface area contributed by atoms with E-state index in [0.29, 0.717) is 17.2 Å². The zero-order valence-corrected chi connectivity index (χ0v) is 26.4. The maximum Gasteiger partial charge on any atom is 0.459 e. The molecule has 2 aromatic heterocycles. The SMILES string of the molecule is Cc1nc(NC(C)C)c2ncn([C@@H]3O[C@](CCl)(CO[P@@](=O)(N[C@@H](C)C(=O)OC(C)C)Oc4ccccc4)[C@@H](O)[C@H]3F)c2n1. The van der Waals surface area contributed by atoms with Gasteiger partial charge in [-0.2, -0.15) is 5.09 Å². The highest BCUT2D eigenvalue weighted by Crippen LogP contribution is 2.49. The minimum atomic E-state index is -4.37. The third-order valence-corrected chi connectivity index (χ3v) is 8.51. The summed E-state index contributed by atoms with van der Waals surface area (Å²) in [6.45, 7) is 9.67. The monoisotopic (exact) mass is 642 g/mol. The van der Waals surface area contributed by atoms with Crippen LogP contribution in [-0.2, 0) is 23.4 Å². The number of carbonyl (C=O) groups is 1. The summed E-state index contributed by atoms with van der Waals surface area (Å²) in [5.41, 5.74) is -1.21. The van der Waals surface area contributed by atoms with Crippen molar-refractivity contribution in [3.63, 3.8) is 0 Å². The molecule has 3 heterocycles. The van der Waals surface area contributed by atoms with Crippen molar-refractivity contribution in [1.29, 1.82) is 0 Å². The quantitative estimate of drug-likeness (QED) is 0.138. The minimum absolute atomic E-state index is 0.0412. The van der Waals surface area contributed by atoms with E-state index in [2.05, 4.69) is 25.4 Å². The van der Waals surface area contributed by atoms with Gasteiger partial charge < -0.3 is 24.4 Å². The van der Waals surface area contributed by atoms with Crippen LogP contribution < -0.4 is 14.9 Å². The number of nitrogens with zero attached hydrogens (tertiary/aromatic N) is 4. The van der Waals surface area contributed by atoms with Crippen LogP contribution in [0.3, 0.4) is 0 Å². The molecular weight excluding hydrogens is 606 g/mol. The molecule has 1 aliphatic rings. The molecule has 0 saturated carbocycles. The van der Waals surface area contributed by atoms with E-state index in [9.17, 15) is 14.5 Å². The number of hydrogen-bond donors (Lipinski definition) is 3. The molecule has 1 fully saturated rings. The summed E-state index contributed by atoms with van der Waals surface area (Å²) in [5, 5.41) is 16.8. The predicted octanol–water partition coefficient (Wildman–Crippen LogP) is 4.29. The molecule has 3 N–H and O–H groups in total. The number of aliphatic hydroxyl groups excluding tert-OH is 1. The molecule has 4 rings (SSSR count). The molecule has 16 heteroatoms. The van der Waals surface area contributed by atoms with E-state index < -0.39 is 62.5 Å². The summed E-state index contributed by atoms with van der Waals surface area (Å²) in [7, 11) is -4.37. The van der Waals surface area contributed by atoms with Crippen molar-refractivity contribution in [3.05, 3.63) is 42.5 Å². The number of carbonyl (C=O) groups excluding carboxylic acids is 1. The second-order valence-electron chi connectivity index (χ2n) is 10.9. The number of aryl methyl sites for hydroxylation is 1. The van der Waals surface area contributed by atoms with Gasteiger partial charge in [0, 0.05) is 6.04 Å². The molecule has 0 spiro atoms. The Labute approximate surface area is 254 Å². The van der Waals surface area contributed by atoms with Gasteiger partial charge in [0.05, 0.1) is 24.9 Å². The predicted molar refractivity (Wildman–Crippen MR) is 158 cm³/mol. The van der Waals surface area contributed by atoms with Gasteiger partial charge in [-0.05, 0) is 53.7 Å². The maximum atomic E-state index is 15.8. The van der Waals surface area contributed by atoms with Crippen molar-refractivity contribution in [2.24, 2.45) is 0 Å². The van der Waals surface area contributed by atoms with E-state index in [1.165, 1.54) is 30.0 Å². The fraction of sp³-hybridized carbons (Fsp3) is 0.556. The van der Waals surface area contributed by atoms with Gasteiger partial charge in [-0.3, -0.25) is 13.9 Å². The minimum Gasteiger partial charge on any atom is -0.462 e.